The number of nitrogens with two attached hydrogens (primary N) is 1. The Labute approximate surface area is 232 Å². The van der Waals surface area contributed by atoms with E-state index in [1.165, 1.54) is 12.1 Å². The number of hydrogen-bond acceptors (Lipinski definition) is 6. The van der Waals surface area contributed by atoms with Gasteiger partial charge in [0.05, 0.1) is 17.4 Å². The van der Waals surface area contributed by atoms with Crippen molar-refractivity contribution in [3.8, 4) is 23.1 Å². The van der Waals surface area contributed by atoms with Crippen molar-refractivity contribution in [1.29, 1.82) is 5.26 Å². The fourth-order valence-electron chi connectivity index (χ4n) is 4.34. The minimum absolute atomic E-state index is 0.0819. The smallest absolute Gasteiger partial charge is 0.251 e. The number of carbonyl (C=O) groups excluding carboxylic acids is 2. The highest BCUT2D eigenvalue weighted by Gasteiger charge is 2.17. The normalized spacial score (nSPS) is 12.0. The SMILES string of the molecule is CC(C)Oc1ccc(C(=O)N[C@H](CCO)Cc2ccc(-c3cn4cccc(C=CC(N)=O)c4n3)cc2)cc1C#N. The second-order valence-electron chi connectivity index (χ2n) is 9.63. The van der Waals surface area contributed by atoms with Crippen molar-refractivity contribution in [3.05, 3.63) is 95.3 Å². The average Bonchev–Trinajstić information content (AvgIpc) is 3.37. The van der Waals surface area contributed by atoms with Crippen LogP contribution in [-0.4, -0.2) is 45.1 Å². The molecule has 2 amide bonds. The number of nitriles is 1. The van der Waals surface area contributed by atoms with Gasteiger partial charge in [0.1, 0.15) is 17.5 Å². The van der Waals surface area contributed by atoms with Gasteiger partial charge in [-0.1, -0.05) is 24.3 Å². The summed E-state index contributed by atoms with van der Waals surface area (Å²) in [6.07, 6.45) is 7.53. The van der Waals surface area contributed by atoms with Crippen molar-refractivity contribution in [2.24, 2.45) is 5.73 Å². The number of nitrogens with one attached hydrogen (secondary N) is 1. The number of amides is 2. The largest absolute Gasteiger partial charge is 0.490 e. The quantitative estimate of drug-likeness (QED) is 0.248. The zero-order valence-electron chi connectivity index (χ0n) is 22.4. The second kappa shape index (κ2) is 12.7. The summed E-state index contributed by atoms with van der Waals surface area (Å²) in [6, 6.07) is 18.1. The van der Waals surface area contributed by atoms with E-state index in [2.05, 4.69) is 11.4 Å². The van der Waals surface area contributed by atoms with Crippen LogP contribution in [0.4, 0.5) is 0 Å². The van der Waals surface area contributed by atoms with Crippen molar-refractivity contribution >= 4 is 23.5 Å². The first-order chi connectivity index (χ1) is 19.3. The van der Waals surface area contributed by atoms with Crippen molar-refractivity contribution in [2.75, 3.05) is 6.61 Å². The van der Waals surface area contributed by atoms with E-state index < -0.39 is 5.91 Å². The molecule has 0 saturated heterocycles. The van der Waals surface area contributed by atoms with Gasteiger partial charge in [-0.05, 0) is 68.7 Å². The van der Waals surface area contributed by atoms with Gasteiger partial charge in [0.25, 0.3) is 5.91 Å². The number of hydrogen-bond donors (Lipinski definition) is 3. The van der Waals surface area contributed by atoms with Crippen LogP contribution in [0.15, 0.2) is 73.1 Å². The number of imidazole rings is 1. The number of aromatic nitrogens is 2. The van der Waals surface area contributed by atoms with E-state index in [4.69, 9.17) is 15.5 Å². The summed E-state index contributed by atoms with van der Waals surface area (Å²) in [4.78, 5) is 28.8. The Morgan fingerprint density at radius 3 is 2.65 bits per heavy atom. The number of pyridine rings is 1. The minimum atomic E-state index is -0.527. The van der Waals surface area contributed by atoms with Crippen LogP contribution in [0.5, 0.6) is 5.75 Å². The highest BCUT2D eigenvalue weighted by atomic mass is 16.5. The fraction of sp³-hybridized carbons (Fsp3) is 0.226. The van der Waals surface area contributed by atoms with Gasteiger partial charge in [-0.3, -0.25) is 9.59 Å². The lowest BCUT2D eigenvalue weighted by atomic mass is 10.0. The van der Waals surface area contributed by atoms with Crippen molar-refractivity contribution in [1.82, 2.24) is 14.7 Å². The lowest BCUT2D eigenvalue weighted by molar-refractivity contribution is -0.113. The predicted octanol–water partition coefficient (Wildman–Crippen LogP) is 3.88. The molecule has 0 radical (unpaired) electrons. The lowest BCUT2D eigenvalue weighted by Gasteiger charge is -2.19. The van der Waals surface area contributed by atoms with E-state index in [-0.39, 0.29) is 24.7 Å². The number of nitrogens with zero attached hydrogens (tertiary/aromatic N) is 3. The molecule has 2 heterocycles. The predicted molar refractivity (Wildman–Crippen MR) is 152 cm³/mol. The Morgan fingerprint density at radius 2 is 1.98 bits per heavy atom. The molecule has 0 saturated carbocycles. The molecule has 0 aliphatic carbocycles. The first-order valence-corrected chi connectivity index (χ1v) is 12.9. The number of aliphatic hydroxyl groups excluding tert-OH is 1. The molecule has 204 valence electrons. The van der Waals surface area contributed by atoms with E-state index in [0.717, 1.165) is 22.4 Å². The van der Waals surface area contributed by atoms with E-state index >= 15 is 0 Å². The first kappa shape index (κ1) is 28.1. The number of ether oxygens (including phenoxy) is 1. The maximum atomic E-state index is 13.0. The van der Waals surface area contributed by atoms with Gasteiger partial charge in [-0.2, -0.15) is 5.26 Å². The molecule has 40 heavy (non-hydrogen) atoms. The lowest BCUT2D eigenvalue weighted by Crippen LogP contribution is -2.37. The van der Waals surface area contributed by atoms with Crippen LogP contribution in [0, 0.1) is 11.3 Å². The molecule has 0 aliphatic heterocycles. The van der Waals surface area contributed by atoms with Gasteiger partial charge in [-0.25, -0.2) is 4.98 Å². The molecule has 0 aliphatic rings. The maximum Gasteiger partial charge on any atom is 0.251 e. The van der Waals surface area contributed by atoms with Crippen LogP contribution < -0.4 is 15.8 Å². The summed E-state index contributed by atoms with van der Waals surface area (Å²) in [5, 5.41) is 22.1. The molecule has 9 nitrogen and oxygen atoms in total. The summed E-state index contributed by atoms with van der Waals surface area (Å²) in [6.45, 7) is 3.66. The monoisotopic (exact) mass is 537 g/mol. The number of fused-ring (bicyclic) bond motifs is 1. The molecule has 2 aromatic heterocycles. The molecule has 0 fully saturated rings. The van der Waals surface area contributed by atoms with Gasteiger partial charge in [0.2, 0.25) is 5.91 Å². The van der Waals surface area contributed by atoms with E-state index in [1.54, 1.807) is 18.2 Å². The molecule has 4 N–H and O–H groups in total. The summed E-state index contributed by atoms with van der Waals surface area (Å²) in [5.41, 5.74) is 10.0. The molecular formula is C31H31N5O4. The molecule has 0 unspecified atom stereocenters. The van der Waals surface area contributed by atoms with E-state index in [1.807, 2.05) is 67.0 Å². The molecule has 2 aromatic carbocycles. The molecule has 1 atom stereocenters. The third kappa shape index (κ3) is 6.92. The number of aliphatic hydroxyl groups is 1. The zero-order chi connectivity index (χ0) is 28.6. The third-order valence-corrected chi connectivity index (χ3v) is 6.21. The average molecular weight is 538 g/mol. The van der Waals surface area contributed by atoms with Crippen LogP contribution in [0.1, 0.15) is 47.3 Å². The van der Waals surface area contributed by atoms with Crippen molar-refractivity contribution in [2.45, 2.75) is 38.8 Å². The third-order valence-electron chi connectivity index (χ3n) is 6.21. The fourth-order valence-corrected chi connectivity index (χ4v) is 4.34. The second-order valence-corrected chi connectivity index (χ2v) is 9.63. The molecule has 0 spiro atoms. The summed E-state index contributed by atoms with van der Waals surface area (Å²) in [7, 11) is 0. The van der Waals surface area contributed by atoms with Crippen LogP contribution in [0.2, 0.25) is 0 Å². The van der Waals surface area contributed by atoms with Gasteiger partial charge in [0, 0.05) is 47.8 Å². The summed E-state index contributed by atoms with van der Waals surface area (Å²) in [5.74, 6) is -0.417. The molecule has 9 heteroatoms. The Balaban J connectivity index is 1.48. The first-order valence-electron chi connectivity index (χ1n) is 12.9. The number of benzene rings is 2. The zero-order valence-corrected chi connectivity index (χ0v) is 22.4. The van der Waals surface area contributed by atoms with Crippen molar-refractivity contribution in [3.63, 3.8) is 0 Å². The van der Waals surface area contributed by atoms with Crippen LogP contribution in [0.3, 0.4) is 0 Å². The molecule has 4 aromatic rings. The number of carbonyl (C=O) groups is 2. The summed E-state index contributed by atoms with van der Waals surface area (Å²) < 4.78 is 7.53. The van der Waals surface area contributed by atoms with Crippen LogP contribution in [-0.2, 0) is 11.2 Å². The maximum absolute atomic E-state index is 13.0. The molecular weight excluding hydrogens is 506 g/mol. The standard InChI is InChI=1S/C31H31N5O4/c1-20(2)40-28-11-9-24(17-25(28)18-32)31(39)34-26(13-15-37)16-21-5-7-22(8-6-21)27-19-36-14-3-4-23(30(36)35-27)10-12-29(33)38/h3-12,14,17,19-20,26,37H,13,15-16H2,1-2H3,(H2,33,38)(H,34,39)/t26-/m1/s1. The Kier molecular flexibility index (Phi) is 8.94. The van der Waals surface area contributed by atoms with Crippen LogP contribution in [0.25, 0.3) is 23.0 Å². The Bertz CT molecular complexity index is 1580. The topological polar surface area (TPSA) is 143 Å². The van der Waals surface area contributed by atoms with Gasteiger partial charge in [0.15, 0.2) is 0 Å². The molecule has 0 bridgehead atoms. The summed E-state index contributed by atoms with van der Waals surface area (Å²) >= 11 is 0. The van der Waals surface area contributed by atoms with Gasteiger partial charge in [-0.15, -0.1) is 0 Å². The highest BCUT2D eigenvalue weighted by molar-refractivity contribution is 5.95. The number of rotatable bonds is 11. The minimum Gasteiger partial charge on any atom is -0.490 e. The Hall–Kier alpha value is -4.94. The van der Waals surface area contributed by atoms with E-state index in [0.29, 0.717) is 35.4 Å². The van der Waals surface area contributed by atoms with Gasteiger partial charge >= 0.3 is 0 Å². The molecule has 4 rings (SSSR count). The van der Waals surface area contributed by atoms with Crippen molar-refractivity contribution < 1.29 is 19.4 Å². The highest BCUT2D eigenvalue weighted by Crippen LogP contribution is 2.23. The number of primary amides is 1. The van der Waals surface area contributed by atoms with Gasteiger partial charge < -0.3 is 25.3 Å². The Morgan fingerprint density at radius 1 is 1.20 bits per heavy atom. The van der Waals surface area contributed by atoms with E-state index in [9.17, 15) is 20.0 Å². The van der Waals surface area contributed by atoms with Crippen LogP contribution >= 0.6 is 0 Å².